The minimum absolute atomic E-state index is 0.0378. The average molecular weight is 514 g/mol. The van der Waals surface area contributed by atoms with Crippen molar-refractivity contribution in [3.8, 4) is 11.5 Å². The Hall–Kier alpha value is -4.32. The summed E-state index contributed by atoms with van der Waals surface area (Å²) in [6.45, 7) is -0.461. The van der Waals surface area contributed by atoms with Gasteiger partial charge in [-0.3, -0.25) is 4.79 Å². The lowest BCUT2D eigenvalue weighted by Crippen LogP contribution is -2.53. The van der Waals surface area contributed by atoms with Crippen molar-refractivity contribution in [1.29, 1.82) is 0 Å². The van der Waals surface area contributed by atoms with Crippen molar-refractivity contribution in [1.82, 2.24) is 20.0 Å². The first-order chi connectivity index (χ1) is 17.9. The third-order valence-electron chi connectivity index (χ3n) is 5.67. The van der Waals surface area contributed by atoms with Crippen molar-refractivity contribution in [2.24, 2.45) is 0 Å². The Balaban J connectivity index is 1.49. The van der Waals surface area contributed by atoms with Gasteiger partial charge in [-0.05, 0) is 41.5 Å². The van der Waals surface area contributed by atoms with Gasteiger partial charge in [0.05, 0.1) is 19.7 Å². The number of carbonyl (C=O) groups excluding carboxylic acids is 2. The highest BCUT2D eigenvalue weighted by Gasteiger charge is 2.35. The molecule has 2 heterocycles. The van der Waals surface area contributed by atoms with Crippen molar-refractivity contribution in [3.63, 3.8) is 0 Å². The number of benzene rings is 2. The van der Waals surface area contributed by atoms with Gasteiger partial charge in [0.1, 0.15) is 6.61 Å². The number of nitrogens with zero attached hydrogens (tertiary/aromatic N) is 4. The summed E-state index contributed by atoms with van der Waals surface area (Å²) in [5, 5.41) is 5.98. The fraction of sp³-hybridized carbons (Fsp3) is 0.280. The molecule has 0 aliphatic carbocycles. The van der Waals surface area contributed by atoms with E-state index < -0.39 is 24.7 Å². The molecule has 1 atom stereocenters. The molecule has 4 rings (SSSR count). The zero-order valence-electron chi connectivity index (χ0n) is 20.1. The quantitative estimate of drug-likeness (QED) is 0.452. The second-order valence-corrected chi connectivity index (χ2v) is 7.92. The second kappa shape index (κ2) is 11.6. The number of carbonyl (C=O) groups is 2. The molecule has 0 spiro atoms. The number of likely N-dealkylation sites (N-methyl/N-ethyl adjacent to an activating group) is 1. The van der Waals surface area contributed by atoms with Crippen LogP contribution in [0.2, 0.25) is 0 Å². The van der Waals surface area contributed by atoms with Crippen LogP contribution in [0, 0.1) is 0 Å². The van der Waals surface area contributed by atoms with Crippen molar-refractivity contribution < 1.29 is 32.6 Å². The molecule has 1 N–H and O–H groups in total. The van der Waals surface area contributed by atoms with Gasteiger partial charge in [0.25, 0.3) is 5.91 Å². The first kappa shape index (κ1) is 25.8. The lowest BCUT2D eigenvalue weighted by molar-refractivity contribution is -0.109. The maximum atomic E-state index is 12.9. The standard InChI is InChI=1S/C25H25F2N5O5/c1-3-31-19(17-7-10-20(35-2)21(13-17)37-24(26)27)15-36-25(34)32(31)14-16-5-8-18(9-6-16)30-23(33)22-28-11-4-12-29-22/h4-13,19,24H,3,14-15H2,1-2H3,(H,30,33). The number of methoxy groups -OCH3 is 1. The topological polar surface area (TPSA) is 106 Å². The molecule has 12 heteroatoms. The smallest absolute Gasteiger partial charge is 0.424 e. The zero-order valence-corrected chi connectivity index (χ0v) is 20.1. The molecule has 2 amide bonds. The Morgan fingerprint density at radius 3 is 2.54 bits per heavy atom. The van der Waals surface area contributed by atoms with E-state index in [-0.39, 0.29) is 30.5 Å². The predicted molar refractivity (Wildman–Crippen MR) is 128 cm³/mol. The molecule has 1 unspecified atom stereocenters. The van der Waals surface area contributed by atoms with Crippen LogP contribution in [0.1, 0.15) is 34.7 Å². The minimum Gasteiger partial charge on any atom is -0.493 e. The van der Waals surface area contributed by atoms with Crippen LogP contribution in [0.3, 0.4) is 0 Å². The van der Waals surface area contributed by atoms with Crippen molar-refractivity contribution >= 4 is 17.7 Å². The van der Waals surface area contributed by atoms with Gasteiger partial charge in [0, 0.05) is 24.6 Å². The number of aromatic nitrogens is 2. The van der Waals surface area contributed by atoms with Crippen molar-refractivity contribution in [2.75, 3.05) is 25.6 Å². The Kier molecular flexibility index (Phi) is 8.08. The number of cyclic esters (lactones) is 1. The lowest BCUT2D eigenvalue weighted by Gasteiger charge is -2.43. The molecule has 1 aliphatic heterocycles. The number of halogens is 2. The molecule has 2 aromatic carbocycles. The second-order valence-electron chi connectivity index (χ2n) is 7.92. The lowest BCUT2D eigenvalue weighted by atomic mass is 10.1. The van der Waals surface area contributed by atoms with E-state index in [1.54, 1.807) is 36.4 Å². The fourth-order valence-electron chi connectivity index (χ4n) is 3.96. The molecule has 0 bridgehead atoms. The molecule has 3 aromatic rings. The van der Waals surface area contributed by atoms with Gasteiger partial charge in [-0.15, -0.1) is 0 Å². The van der Waals surface area contributed by atoms with Gasteiger partial charge in [0.2, 0.25) is 5.82 Å². The molecule has 0 saturated carbocycles. The van der Waals surface area contributed by atoms with Crippen LogP contribution in [0.5, 0.6) is 11.5 Å². The van der Waals surface area contributed by atoms with E-state index in [0.717, 1.165) is 5.56 Å². The average Bonchev–Trinajstić information content (AvgIpc) is 2.91. The summed E-state index contributed by atoms with van der Waals surface area (Å²) in [5.41, 5.74) is 1.94. The SMILES string of the molecule is CCN1C(c2ccc(OC)c(OC(F)F)c2)COC(=O)N1Cc1ccc(NC(=O)c2ncccn2)cc1. The highest BCUT2D eigenvalue weighted by atomic mass is 19.3. The highest BCUT2D eigenvalue weighted by molar-refractivity contribution is 6.01. The third-order valence-corrected chi connectivity index (χ3v) is 5.67. The van der Waals surface area contributed by atoms with E-state index in [9.17, 15) is 18.4 Å². The molecule has 194 valence electrons. The van der Waals surface area contributed by atoms with Gasteiger partial charge < -0.3 is 19.5 Å². The summed E-state index contributed by atoms with van der Waals surface area (Å²) in [5.74, 6) is -0.327. The molecular weight excluding hydrogens is 488 g/mol. The molecule has 1 fully saturated rings. The van der Waals surface area contributed by atoms with Crippen LogP contribution in [0.25, 0.3) is 0 Å². The summed E-state index contributed by atoms with van der Waals surface area (Å²) in [6, 6.07) is 12.9. The molecule has 0 radical (unpaired) electrons. The maximum absolute atomic E-state index is 12.9. The molecular formula is C25H25F2N5O5. The number of hydrazine groups is 1. The van der Waals surface area contributed by atoms with E-state index in [1.807, 2.05) is 11.9 Å². The first-order valence-corrected chi connectivity index (χ1v) is 11.4. The Bertz CT molecular complexity index is 1230. The number of nitrogens with one attached hydrogen (secondary N) is 1. The summed E-state index contributed by atoms with van der Waals surface area (Å²) >= 11 is 0. The Morgan fingerprint density at radius 1 is 1.16 bits per heavy atom. The van der Waals surface area contributed by atoms with E-state index in [0.29, 0.717) is 17.8 Å². The number of amides is 2. The number of anilines is 1. The number of ether oxygens (including phenoxy) is 3. The molecule has 37 heavy (non-hydrogen) atoms. The van der Waals surface area contributed by atoms with Crippen LogP contribution in [0.15, 0.2) is 60.9 Å². The van der Waals surface area contributed by atoms with Gasteiger partial charge >= 0.3 is 12.7 Å². The normalized spacial score (nSPS) is 15.9. The predicted octanol–water partition coefficient (Wildman–Crippen LogP) is 4.27. The van der Waals surface area contributed by atoms with Gasteiger partial charge in [-0.2, -0.15) is 8.78 Å². The summed E-state index contributed by atoms with van der Waals surface area (Å²) in [6.07, 6.45) is 2.43. The monoisotopic (exact) mass is 513 g/mol. The molecule has 1 aliphatic rings. The number of hydrogen-bond donors (Lipinski definition) is 1. The third kappa shape index (κ3) is 6.09. The molecule has 10 nitrogen and oxygen atoms in total. The number of hydrogen-bond acceptors (Lipinski definition) is 8. The first-order valence-electron chi connectivity index (χ1n) is 11.4. The largest absolute Gasteiger partial charge is 0.493 e. The van der Waals surface area contributed by atoms with E-state index >= 15 is 0 Å². The van der Waals surface area contributed by atoms with Crippen molar-refractivity contribution in [2.45, 2.75) is 26.1 Å². The van der Waals surface area contributed by atoms with Crippen LogP contribution in [0.4, 0.5) is 19.3 Å². The number of rotatable bonds is 9. The van der Waals surface area contributed by atoms with Crippen LogP contribution >= 0.6 is 0 Å². The summed E-state index contributed by atoms with van der Waals surface area (Å²) in [7, 11) is 1.36. The van der Waals surface area contributed by atoms with Gasteiger partial charge in [-0.1, -0.05) is 25.1 Å². The minimum atomic E-state index is -3.01. The van der Waals surface area contributed by atoms with Gasteiger partial charge in [-0.25, -0.2) is 24.8 Å². The summed E-state index contributed by atoms with van der Waals surface area (Å²) in [4.78, 5) is 32.8. The van der Waals surface area contributed by atoms with E-state index in [1.165, 1.54) is 36.6 Å². The van der Waals surface area contributed by atoms with Crippen LogP contribution < -0.4 is 14.8 Å². The highest BCUT2D eigenvalue weighted by Crippen LogP contribution is 2.35. The van der Waals surface area contributed by atoms with E-state index in [2.05, 4.69) is 20.0 Å². The van der Waals surface area contributed by atoms with Crippen LogP contribution in [-0.2, 0) is 11.3 Å². The molecule has 1 saturated heterocycles. The van der Waals surface area contributed by atoms with E-state index in [4.69, 9.17) is 9.47 Å². The van der Waals surface area contributed by atoms with Crippen LogP contribution in [-0.4, -0.2) is 58.9 Å². The fourth-order valence-corrected chi connectivity index (χ4v) is 3.96. The molecule has 1 aromatic heterocycles. The Morgan fingerprint density at radius 2 is 1.89 bits per heavy atom. The van der Waals surface area contributed by atoms with Crippen molar-refractivity contribution in [3.05, 3.63) is 77.9 Å². The number of alkyl halides is 2. The Labute approximate surface area is 211 Å². The maximum Gasteiger partial charge on any atom is 0.424 e. The summed E-state index contributed by atoms with van der Waals surface area (Å²) < 4.78 is 40.9. The zero-order chi connectivity index (χ0) is 26.4. The van der Waals surface area contributed by atoms with Gasteiger partial charge in [0.15, 0.2) is 11.5 Å².